The lowest BCUT2D eigenvalue weighted by atomic mass is 9.81. The summed E-state index contributed by atoms with van der Waals surface area (Å²) in [5, 5.41) is 13.4. The average molecular weight is 354 g/mol. The van der Waals surface area contributed by atoms with Crippen LogP contribution in [0.3, 0.4) is 0 Å². The molecule has 0 bridgehead atoms. The number of nitrogens with one attached hydrogen (secondary N) is 1. The molecule has 0 aliphatic carbocycles. The van der Waals surface area contributed by atoms with Crippen LogP contribution in [0.2, 0.25) is 0 Å². The fourth-order valence-electron chi connectivity index (χ4n) is 4.03. The summed E-state index contributed by atoms with van der Waals surface area (Å²) in [5.74, 6) is 1.67. The number of nitrogens with zero attached hydrogens (tertiary/aromatic N) is 3. The number of aliphatic imine (C=N–C) groups is 1. The Hall–Kier alpha value is -0.890. The molecule has 7 nitrogen and oxygen atoms in total. The molecule has 0 saturated carbocycles. The zero-order valence-corrected chi connectivity index (χ0v) is 15.6. The Kier molecular flexibility index (Phi) is 6.92. The van der Waals surface area contributed by atoms with Gasteiger partial charge in [0.15, 0.2) is 5.96 Å². The molecule has 3 aliphatic rings. The van der Waals surface area contributed by atoms with Crippen molar-refractivity contribution in [1.82, 2.24) is 15.1 Å². The highest BCUT2D eigenvalue weighted by Gasteiger charge is 2.33. The van der Waals surface area contributed by atoms with Crippen molar-refractivity contribution < 1.29 is 14.6 Å². The van der Waals surface area contributed by atoms with Crippen LogP contribution >= 0.6 is 0 Å². The molecular weight excluding hydrogens is 320 g/mol. The minimum Gasteiger partial charge on any atom is -0.396 e. The number of ether oxygens (including phenoxy) is 2. The SMILES string of the molecule is CN=C(NCC1(CO)CCOCC1)N1CCN(CC2CCOC2)CC1. The first-order chi connectivity index (χ1) is 12.2. The van der Waals surface area contributed by atoms with Gasteiger partial charge >= 0.3 is 0 Å². The van der Waals surface area contributed by atoms with Crippen molar-refractivity contribution in [2.75, 3.05) is 79.4 Å². The quantitative estimate of drug-likeness (QED) is 0.535. The van der Waals surface area contributed by atoms with E-state index in [-0.39, 0.29) is 12.0 Å². The van der Waals surface area contributed by atoms with Crippen LogP contribution in [0.1, 0.15) is 19.3 Å². The molecule has 0 aromatic heterocycles. The first-order valence-electron chi connectivity index (χ1n) is 9.69. The summed E-state index contributed by atoms with van der Waals surface area (Å²) in [5.41, 5.74) is -0.0709. The highest BCUT2D eigenvalue weighted by Crippen LogP contribution is 2.29. The van der Waals surface area contributed by atoms with E-state index in [2.05, 4.69) is 20.1 Å². The Morgan fingerprint density at radius 1 is 1.16 bits per heavy atom. The van der Waals surface area contributed by atoms with Gasteiger partial charge in [0, 0.05) is 71.6 Å². The lowest BCUT2D eigenvalue weighted by Crippen LogP contribution is -2.55. The molecule has 0 spiro atoms. The van der Waals surface area contributed by atoms with Crippen LogP contribution in [0.15, 0.2) is 4.99 Å². The van der Waals surface area contributed by atoms with Crippen LogP contribution in [0.5, 0.6) is 0 Å². The molecule has 3 saturated heterocycles. The maximum absolute atomic E-state index is 9.84. The van der Waals surface area contributed by atoms with Crippen molar-refractivity contribution in [3.05, 3.63) is 0 Å². The normalized spacial score (nSPS) is 28.3. The number of hydrogen-bond acceptors (Lipinski definition) is 5. The molecule has 3 heterocycles. The minimum absolute atomic E-state index is 0.0709. The molecule has 0 radical (unpaired) electrons. The van der Waals surface area contributed by atoms with Crippen molar-refractivity contribution >= 4 is 5.96 Å². The minimum atomic E-state index is -0.0709. The van der Waals surface area contributed by atoms with E-state index >= 15 is 0 Å². The van der Waals surface area contributed by atoms with E-state index in [4.69, 9.17) is 9.47 Å². The van der Waals surface area contributed by atoms with Crippen LogP contribution in [-0.4, -0.2) is 100 Å². The van der Waals surface area contributed by atoms with Crippen LogP contribution in [-0.2, 0) is 9.47 Å². The topological polar surface area (TPSA) is 69.6 Å². The second-order valence-corrected chi connectivity index (χ2v) is 7.69. The average Bonchev–Trinajstić information content (AvgIpc) is 3.17. The van der Waals surface area contributed by atoms with Gasteiger partial charge in [0.2, 0.25) is 0 Å². The van der Waals surface area contributed by atoms with Gasteiger partial charge in [0.25, 0.3) is 0 Å². The molecule has 3 aliphatic heterocycles. The molecule has 3 rings (SSSR count). The third kappa shape index (κ3) is 5.06. The van der Waals surface area contributed by atoms with Crippen molar-refractivity contribution in [3.63, 3.8) is 0 Å². The van der Waals surface area contributed by atoms with E-state index in [1.54, 1.807) is 0 Å². The number of hydrogen-bond donors (Lipinski definition) is 2. The molecule has 144 valence electrons. The van der Waals surface area contributed by atoms with Crippen LogP contribution in [0, 0.1) is 11.3 Å². The number of piperazine rings is 1. The lowest BCUT2D eigenvalue weighted by molar-refractivity contribution is -0.0135. The molecule has 3 fully saturated rings. The molecule has 0 amide bonds. The highest BCUT2D eigenvalue weighted by molar-refractivity contribution is 5.80. The van der Waals surface area contributed by atoms with Crippen LogP contribution < -0.4 is 5.32 Å². The van der Waals surface area contributed by atoms with Gasteiger partial charge in [-0.1, -0.05) is 0 Å². The largest absolute Gasteiger partial charge is 0.396 e. The summed E-state index contributed by atoms with van der Waals surface area (Å²) in [6.07, 6.45) is 3.02. The predicted molar refractivity (Wildman–Crippen MR) is 97.9 cm³/mol. The fourth-order valence-corrected chi connectivity index (χ4v) is 4.03. The molecule has 7 heteroatoms. The van der Waals surface area contributed by atoms with E-state index in [0.29, 0.717) is 5.92 Å². The molecule has 1 unspecified atom stereocenters. The maximum Gasteiger partial charge on any atom is 0.193 e. The summed E-state index contributed by atoms with van der Waals surface area (Å²) in [6.45, 7) is 9.63. The molecule has 0 aromatic carbocycles. The maximum atomic E-state index is 9.84. The molecular formula is C18H34N4O3. The van der Waals surface area contributed by atoms with E-state index in [9.17, 15) is 5.11 Å². The van der Waals surface area contributed by atoms with Crippen LogP contribution in [0.4, 0.5) is 0 Å². The number of aliphatic hydroxyl groups excluding tert-OH is 1. The van der Waals surface area contributed by atoms with Gasteiger partial charge in [0.1, 0.15) is 0 Å². The van der Waals surface area contributed by atoms with Crippen molar-refractivity contribution in [2.45, 2.75) is 19.3 Å². The van der Waals surface area contributed by atoms with E-state index in [1.165, 1.54) is 6.42 Å². The van der Waals surface area contributed by atoms with E-state index < -0.39 is 0 Å². The summed E-state index contributed by atoms with van der Waals surface area (Å²) in [7, 11) is 1.85. The number of rotatable bonds is 5. The summed E-state index contributed by atoms with van der Waals surface area (Å²) >= 11 is 0. The van der Waals surface area contributed by atoms with Gasteiger partial charge in [-0.25, -0.2) is 0 Å². The van der Waals surface area contributed by atoms with Crippen molar-refractivity contribution in [3.8, 4) is 0 Å². The standard InChI is InChI=1S/C18H34N4O3/c1-19-17(20-14-18(15-23)3-10-24-11-4-18)22-7-5-21(6-8-22)12-16-2-9-25-13-16/h16,23H,2-15H2,1H3,(H,19,20). The fraction of sp³-hybridized carbons (Fsp3) is 0.944. The molecule has 2 N–H and O–H groups in total. The monoisotopic (exact) mass is 354 g/mol. The Bertz CT molecular complexity index is 426. The second kappa shape index (κ2) is 9.16. The Morgan fingerprint density at radius 2 is 1.92 bits per heavy atom. The first-order valence-corrected chi connectivity index (χ1v) is 9.69. The zero-order valence-electron chi connectivity index (χ0n) is 15.6. The molecule has 0 aromatic rings. The highest BCUT2D eigenvalue weighted by atomic mass is 16.5. The van der Waals surface area contributed by atoms with Gasteiger partial charge in [-0.05, 0) is 25.2 Å². The van der Waals surface area contributed by atoms with Gasteiger partial charge in [-0.2, -0.15) is 0 Å². The Morgan fingerprint density at radius 3 is 2.52 bits per heavy atom. The van der Waals surface area contributed by atoms with Gasteiger partial charge in [0.05, 0.1) is 13.2 Å². The smallest absolute Gasteiger partial charge is 0.193 e. The van der Waals surface area contributed by atoms with Crippen molar-refractivity contribution in [2.24, 2.45) is 16.3 Å². The first kappa shape index (κ1) is 18.9. The van der Waals surface area contributed by atoms with Gasteiger partial charge in [-0.15, -0.1) is 0 Å². The number of aliphatic hydroxyl groups is 1. The summed E-state index contributed by atoms with van der Waals surface area (Å²) in [4.78, 5) is 9.36. The molecule has 25 heavy (non-hydrogen) atoms. The second-order valence-electron chi connectivity index (χ2n) is 7.69. The van der Waals surface area contributed by atoms with Crippen LogP contribution in [0.25, 0.3) is 0 Å². The van der Waals surface area contributed by atoms with E-state index in [0.717, 1.165) is 84.5 Å². The summed E-state index contributed by atoms with van der Waals surface area (Å²) in [6, 6.07) is 0. The number of guanidine groups is 1. The Balaban J connectivity index is 1.44. The predicted octanol–water partition coefficient (Wildman–Crippen LogP) is 0.00500. The zero-order chi connectivity index (χ0) is 17.5. The van der Waals surface area contributed by atoms with Gasteiger partial charge in [-0.3, -0.25) is 9.89 Å². The summed E-state index contributed by atoms with van der Waals surface area (Å²) < 4.78 is 10.9. The Labute approximate surface area is 151 Å². The molecule has 1 atom stereocenters. The third-order valence-electron chi connectivity index (χ3n) is 5.93. The lowest BCUT2D eigenvalue weighted by Gasteiger charge is -2.40. The van der Waals surface area contributed by atoms with Crippen molar-refractivity contribution in [1.29, 1.82) is 0 Å². The third-order valence-corrected chi connectivity index (χ3v) is 5.93. The van der Waals surface area contributed by atoms with Gasteiger partial charge < -0.3 is 24.8 Å². The van der Waals surface area contributed by atoms with E-state index in [1.807, 2.05) is 7.05 Å².